The lowest BCUT2D eigenvalue weighted by molar-refractivity contribution is -0.140. The summed E-state index contributed by atoms with van der Waals surface area (Å²) in [6, 6.07) is 27.4. The molecule has 0 bridgehead atoms. The zero-order chi connectivity index (χ0) is 33.3. The highest BCUT2D eigenvalue weighted by molar-refractivity contribution is 7.92. The molecule has 11 heteroatoms. The summed E-state index contributed by atoms with van der Waals surface area (Å²) in [4.78, 5) is 29.8. The predicted molar refractivity (Wildman–Crippen MR) is 183 cm³/mol. The number of carbonyl (C=O) groups is 2. The van der Waals surface area contributed by atoms with E-state index in [2.05, 4.69) is 5.32 Å². The van der Waals surface area contributed by atoms with Crippen LogP contribution in [0.4, 0.5) is 5.69 Å². The van der Waals surface area contributed by atoms with Crippen LogP contribution in [0.25, 0.3) is 0 Å². The van der Waals surface area contributed by atoms with Gasteiger partial charge in [-0.25, -0.2) is 8.42 Å². The minimum absolute atomic E-state index is 0.0351. The fourth-order valence-electron chi connectivity index (χ4n) is 4.82. The average Bonchev–Trinajstić information content (AvgIpc) is 3.06. The maximum atomic E-state index is 14.5. The van der Waals surface area contributed by atoms with Gasteiger partial charge < -0.3 is 15.0 Å². The quantitative estimate of drug-likeness (QED) is 0.159. The Morgan fingerprint density at radius 2 is 1.52 bits per heavy atom. The molecule has 46 heavy (non-hydrogen) atoms. The van der Waals surface area contributed by atoms with Gasteiger partial charge in [0.15, 0.2) is 0 Å². The molecule has 0 aliphatic carbocycles. The third kappa shape index (κ3) is 9.02. The molecule has 0 heterocycles. The Morgan fingerprint density at radius 3 is 2.13 bits per heavy atom. The van der Waals surface area contributed by atoms with Gasteiger partial charge in [-0.05, 0) is 79.1 Å². The second-order valence-corrected chi connectivity index (χ2v) is 13.6. The van der Waals surface area contributed by atoms with E-state index in [0.29, 0.717) is 22.2 Å². The van der Waals surface area contributed by atoms with E-state index in [1.807, 2.05) is 44.2 Å². The average molecular weight is 683 g/mol. The number of sulfonamides is 1. The summed E-state index contributed by atoms with van der Waals surface area (Å²) in [6.45, 7) is 3.30. The fraction of sp³-hybridized carbons (Fsp3) is 0.257. The highest BCUT2D eigenvalue weighted by Gasteiger charge is 2.35. The first-order chi connectivity index (χ1) is 22.0. The van der Waals surface area contributed by atoms with E-state index in [4.69, 9.17) is 27.9 Å². The van der Waals surface area contributed by atoms with Gasteiger partial charge in [-0.3, -0.25) is 13.9 Å². The lowest BCUT2D eigenvalue weighted by atomic mass is 10.0. The second kappa shape index (κ2) is 16.0. The minimum atomic E-state index is -4.28. The molecule has 0 aliphatic heterocycles. The number of rotatable bonds is 14. The van der Waals surface area contributed by atoms with Gasteiger partial charge in [0.2, 0.25) is 11.8 Å². The molecule has 1 N–H and O–H groups in total. The first-order valence-electron chi connectivity index (χ1n) is 14.8. The molecule has 8 nitrogen and oxygen atoms in total. The number of nitrogens with zero attached hydrogens (tertiary/aromatic N) is 2. The van der Waals surface area contributed by atoms with Crippen LogP contribution >= 0.6 is 23.2 Å². The Hall–Kier alpha value is -4.05. The molecule has 2 atom stereocenters. The van der Waals surface area contributed by atoms with Crippen molar-refractivity contribution in [3.63, 3.8) is 0 Å². The van der Waals surface area contributed by atoms with Crippen LogP contribution in [0.1, 0.15) is 31.4 Å². The third-order valence-corrected chi connectivity index (χ3v) is 9.84. The molecule has 0 fully saturated rings. The van der Waals surface area contributed by atoms with Crippen molar-refractivity contribution in [1.82, 2.24) is 10.2 Å². The van der Waals surface area contributed by atoms with Crippen LogP contribution in [-0.2, 0) is 32.6 Å². The number of nitrogens with one attached hydrogen (secondary N) is 1. The highest BCUT2D eigenvalue weighted by atomic mass is 35.5. The summed E-state index contributed by atoms with van der Waals surface area (Å²) in [5.41, 5.74) is 1.77. The number of hydrogen-bond donors (Lipinski definition) is 1. The molecule has 2 amide bonds. The van der Waals surface area contributed by atoms with Gasteiger partial charge in [0.05, 0.1) is 17.7 Å². The number of benzene rings is 4. The van der Waals surface area contributed by atoms with Gasteiger partial charge in [0, 0.05) is 29.1 Å². The van der Waals surface area contributed by atoms with Gasteiger partial charge >= 0.3 is 0 Å². The molecule has 0 radical (unpaired) electrons. The Morgan fingerprint density at radius 1 is 0.848 bits per heavy atom. The molecule has 0 aliphatic rings. The van der Waals surface area contributed by atoms with Crippen LogP contribution in [0.5, 0.6) is 5.75 Å². The van der Waals surface area contributed by atoms with Crippen molar-refractivity contribution < 1.29 is 22.7 Å². The van der Waals surface area contributed by atoms with Crippen molar-refractivity contribution in [2.45, 2.75) is 50.2 Å². The van der Waals surface area contributed by atoms with Gasteiger partial charge in [-0.15, -0.1) is 0 Å². The van der Waals surface area contributed by atoms with Crippen molar-refractivity contribution in [2.24, 2.45) is 0 Å². The van der Waals surface area contributed by atoms with E-state index in [-0.39, 0.29) is 35.5 Å². The van der Waals surface area contributed by atoms with Crippen molar-refractivity contribution in [2.75, 3.05) is 18.0 Å². The molecular formula is C35H37Cl2N3O5S. The molecule has 0 aromatic heterocycles. The summed E-state index contributed by atoms with van der Waals surface area (Å²) in [5, 5.41) is 3.85. The molecule has 4 aromatic carbocycles. The van der Waals surface area contributed by atoms with Crippen LogP contribution in [0.15, 0.2) is 108 Å². The van der Waals surface area contributed by atoms with Gasteiger partial charge in [-0.1, -0.05) is 78.7 Å². The molecule has 242 valence electrons. The number of methoxy groups -OCH3 is 1. The van der Waals surface area contributed by atoms with E-state index in [1.165, 1.54) is 42.3 Å². The van der Waals surface area contributed by atoms with Gasteiger partial charge in [-0.2, -0.15) is 0 Å². The zero-order valence-corrected chi connectivity index (χ0v) is 28.2. The van der Waals surface area contributed by atoms with Crippen LogP contribution in [-0.4, -0.2) is 50.9 Å². The molecule has 0 saturated heterocycles. The largest absolute Gasteiger partial charge is 0.497 e. The number of ether oxygens (including phenoxy) is 1. The lowest BCUT2D eigenvalue weighted by Crippen LogP contribution is -2.54. The van der Waals surface area contributed by atoms with E-state index in [0.717, 1.165) is 15.4 Å². The topological polar surface area (TPSA) is 96.0 Å². The van der Waals surface area contributed by atoms with E-state index >= 15 is 0 Å². The Labute approximate surface area is 280 Å². The number of carbonyl (C=O) groups excluding carboxylic acids is 2. The number of hydrogen-bond acceptors (Lipinski definition) is 5. The van der Waals surface area contributed by atoms with E-state index in [9.17, 15) is 18.0 Å². The number of amides is 2. The normalized spacial score (nSPS) is 12.5. The van der Waals surface area contributed by atoms with Crippen LogP contribution < -0.4 is 14.4 Å². The maximum Gasteiger partial charge on any atom is 0.264 e. The molecule has 0 spiro atoms. The van der Waals surface area contributed by atoms with Gasteiger partial charge in [0.25, 0.3) is 10.0 Å². The molecule has 0 saturated carbocycles. The first-order valence-corrected chi connectivity index (χ1v) is 17.0. The fourth-order valence-corrected chi connectivity index (χ4v) is 6.53. The third-order valence-electron chi connectivity index (χ3n) is 7.56. The Bertz CT molecular complexity index is 1720. The van der Waals surface area contributed by atoms with E-state index in [1.54, 1.807) is 42.5 Å². The molecular weight excluding hydrogens is 645 g/mol. The smallest absolute Gasteiger partial charge is 0.264 e. The van der Waals surface area contributed by atoms with Crippen molar-refractivity contribution in [3.8, 4) is 5.75 Å². The predicted octanol–water partition coefficient (Wildman–Crippen LogP) is 6.75. The van der Waals surface area contributed by atoms with Crippen LogP contribution in [0.2, 0.25) is 10.0 Å². The summed E-state index contributed by atoms with van der Waals surface area (Å²) < 4.78 is 34.5. The summed E-state index contributed by atoms with van der Waals surface area (Å²) in [7, 11) is -2.79. The summed E-state index contributed by atoms with van der Waals surface area (Å²) >= 11 is 12.4. The number of anilines is 1. The monoisotopic (exact) mass is 681 g/mol. The van der Waals surface area contributed by atoms with Crippen molar-refractivity contribution >= 4 is 50.7 Å². The van der Waals surface area contributed by atoms with Gasteiger partial charge in [0.1, 0.15) is 18.3 Å². The molecule has 4 aromatic rings. The second-order valence-electron chi connectivity index (χ2n) is 10.8. The van der Waals surface area contributed by atoms with Crippen LogP contribution in [0, 0.1) is 0 Å². The molecule has 4 rings (SSSR count). The van der Waals surface area contributed by atoms with Crippen LogP contribution in [0.3, 0.4) is 0 Å². The van der Waals surface area contributed by atoms with Crippen molar-refractivity contribution in [3.05, 3.63) is 124 Å². The zero-order valence-electron chi connectivity index (χ0n) is 25.9. The van der Waals surface area contributed by atoms with E-state index < -0.39 is 28.5 Å². The van der Waals surface area contributed by atoms with Crippen molar-refractivity contribution in [1.29, 1.82) is 0 Å². The first kappa shape index (κ1) is 34.8. The number of halogens is 2. The summed E-state index contributed by atoms with van der Waals surface area (Å²) in [6.07, 6.45) is 0.905. The lowest BCUT2D eigenvalue weighted by Gasteiger charge is -2.34. The standard InChI is InChI=1S/C35H37Cl2N3O5S/c1-4-25(2)38-35(42)33(21-26-9-6-5-7-10-26)39(23-27-13-15-28(36)16-14-27)34(41)24-40(30-12-8-11-29(37)22-30)46(43,44)32-19-17-31(45-3)18-20-32/h5-20,22,25,33H,4,21,23-24H2,1-3H3,(H,38,42)/t25-,33+/m1/s1. The maximum absolute atomic E-state index is 14.5. The SMILES string of the molecule is CC[C@@H](C)NC(=O)[C@H](Cc1ccccc1)N(Cc1ccc(Cl)cc1)C(=O)CN(c1cccc(Cl)c1)S(=O)(=O)c1ccc(OC)cc1. The molecule has 0 unspecified atom stereocenters. The summed E-state index contributed by atoms with van der Waals surface area (Å²) in [5.74, 6) is -0.436. The Kier molecular flexibility index (Phi) is 12.1. The Balaban J connectivity index is 1.80. The minimum Gasteiger partial charge on any atom is -0.497 e. The highest BCUT2D eigenvalue weighted by Crippen LogP contribution is 2.28.